The summed E-state index contributed by atoms with van der Waals surface area (Å²) in [6.45, 7) is 6.02. The van der Waals surface area contributed by atoms with Gasteiger partial charge in [-0.1, -0.05) is 39.7 Å². The molecule has 1 fully saturated rings. The van der Waals surface area contributed by atoms with Crippen molar-refractivity contribution in [3.63, 3.8) is 0 Å². The Kier molecular flexibility index (Phi) is 4.86. The zero-order valence-corrected chi connectivity index (χ0v) is 13.5. The lowest BCUT2D eigenvalue weighted by Gasteiger charge is -2.30. The monoisotopic (exact) mass is 294 g/mol. The van der Waals surface area contributed by atoms with Crippen molar-refractivity contribution in [1.82, 2.24) is 5.32 Å². The summed E-state index contributed by atoms with van der Waals surface area (Å²) in [6, 6.07) is 3.85. The van der Waals surface area contributed by atoms with Crippen LogP contribution < -0.4 is 11.1 Å². The van der Waals surface area contributed by atoms with E-state index in [0.717, 1.165) is 0 Å². The predicted molar refractivity (Wildman–Crippen MR) is 84.6 cm³/mol. The van der Waals surface area contributed by atoms with Crippen LogP contribution >= 0.6 is 11.3 Å². The number of nitrogens with one attached hydrogen (secondary N) is 1. The first kappa shape index (κ1) is 15.5. The van der Waals surface area contributed by atoms with Gasteiger partial charge in [0.1, 0.15) is 0 Å². The van der Waals surface area contributed by atoms with Gasteiger partial charge in [-0.15, -0.1) is 11.3 Å². The van der Waals surface area contributed by atoms with Crippen molar-refractivity contribution in [2.75, 3.05) is 0 Å². The molecule has 1 aliphatic rings. The van der Waals surface area contributed by atoms with Crippen molar-refractivity contribution < 1.29 is 4.79 Å². The molecular formula is C16H26N2OS. The Morgan fingerprint density at radius 1 is 1.40 bits per heavy atom. The van der Waals surface area contributed by atoms with E-state index in [1.807, 2.05) is 20.8 Å². The van der Waals surface area contributed by atoms with Gasteiger partial charge in [0.2, 0.25) is 5.91 Å². The summed E-state index contributed by atoms with van der Waals surface area (Å²) in [5.74, 6) is 0.535. The second-order valence-corrected chi connectivity index (χ2v) is 7.87. The van der Waals surface area contributed by atoms with Gasteiger partial charge in [0.15, 0.2) is 0 Å². The molecule has 1 heterocycles. The zero-order valence-electron chi connectivity index (χ0n) is 12.7. The molecule has 2 rings (SSSR count). The Hall–Kier alpha value is -0.870. The Bertz CT molecular complexity index is 430. The summed E-state index contributed by atoms with van der Waals surface area (Å²) in [5, 5.41) is 5.29. The fourth-order valence-corrected chi connectivity index (χ4v) is 3.69. The van der Waals surface area contributed by atoms with Gasteiger partial charge < -0.3 is 11.1 Å². The van der Waals surface area contributed by atoms with Crippen LogP contribution in [-0.4, -0.2) is 11.9 Å². The van der Waals surface area contributed by atoms with Crippen molar-refractivity contribution in [1.29, 1.82) is 0 Å². The number of nitrogens with two attached hydrogens (primary N) is 1. The molecule has 3 nitrogen and oxygen atoms in total. The lowest BCUT2D eigenvalue weighted by molar-refractivity contribution is -0.125. The fourth-order valence-electron chi connectivity index (χ4n) is 2.82. The first-order valence-corrected chi connectivity index (χ1v) is 8.37. The molecule has 0 aliphatic heterocycles. The van der Waals surface area contributed by atoms with Crippen LogP contribution in [-0.2, 0) is 4.79 Å². The molecule has 1 aromatic heterocycles. The summed E-state index contributed by atoms with van der Waals surface area (Å²) in [6.07, 6.45) is 4.95. The van der Waals surface area contributed by atoms with E-state index in [-0.39, 0.29) is 17.4 Å². The second-order valence-electron chi connectivity index (χ2n) is 6.89. The van der Waals surface area contributed by atoms with Crippen molar-refractivity contribution in [3.8, 4) is 0 Å². The van der Waals surface area contributed by atoms with Crippen molar-refractivity contribution in [3.05, 3.63) is 22.4 Å². The third kappa shape index (κ3) is 3.61. The molecular weight excluding hydrogens is 268 g/mol. The highest BCUT2D eigenvalue weighted by molar-refractivity contribution is 7.10. The molecule has 1 unspecified atom stereocenters. The van der Waals surface area contributed by atoms with Crippen LogP contribution in [0.1, 0.15) is 57.4 Å². The van der Waals surface area contributed by atoms with Crippen LogP contribution in [0.2, 0.25) is 0 Å². The van der Waals surface area contributed by atoms with Crippen LogP contribution in [0.4, 0.5) is 0 Å². The number of thiophene rings is 1. The zero-order chi connectivity index (χ0) is 14.8. The summed E-state index contributed by atoms with van der Waals surface area (Å²) < 4.78 is 0. The van der Waals surface area contributed by atoms with Gasteiger partial charge in [0, 0.05) is 4.88 Å². The van der Waals surface area contributed by atoms with Gasteiger partial charge in [-0.25, -0.2) is 0 Å². The number of hydrogen-bond donors (Lipinski definition) is 2. The minimum Gasteiger partial charge on any atom is -0.347 e. The molecule has 0 aromatic carbocycles. The van der Waals surface area contributed by atoms with Gasteiger partial charge >= 0.3 is 0 Å². The van der Waals surface area contributed by atoms with Gasteiger partial charge in [0.05, 0.1) is 12.1 Å². The van der Waals surface area contributed by atoms with Crippen molar-refractivity contribution in [2.24, 2.45) is 17.1 Å². The largest absolute Gasteiger partial charge is 0.347 e. The number of hydrogen-bond acceptors (Lipinski definition) is 3. The standard InChI is InChI=1S/C16H26N2OS/c1-16(2,3)14(17)15(19)18-13(11-7-4-5-8-11)12-9-6-10-20-12/h6,9-11,13-14H,4-5,7-8,17H2,1-3H3,(H,18,19)/t13?,14-/m1/s1. The molecule has 0 radical (unpaired) electrons. The van der Waals surface area contributed by atoms with Gasteiger partial charge in [-0.05, 0) is 35.6 Å². The second kappa shape index (κ2) is 6.27. The molecule has 1 aliphatic carbocycles. The topological polar surface area (TPSA) is 55.1 Å². The lowest BCUT2D eigenvalue weighted by atomic mass is 9.86. The average molecular weight is 294 g/mol. The Labute approximate surface area is 125 Å². The maximum Gasteiger partial charge on any atom is 0.237 e. The highest BCUT2D eigenvalue weighted by Gasteiger charge is 2.33. The maximum atomic E-state index is 12.4. The molecule has 2 atom stereocenters. The van der Waals surface area contributed by atoms with Gasteiger partial charge in [-0.2, -0.15) is 0 Å². The minimum atomic E-state index is -0.466. The Balaban J connectivity index is 2.10. The van der Waals surface area contributed by atoms with E-state index in [1.165, 1.54) is 30.6 Å². The van der Waals surface area contributed by atoms with Crippen LogP contribution in [0, 0.1) is 11.3 Å². The van der Waals surface area contributed by atoms with E-state index in [0.29, 0.717) is 5.92 Å². The third-order valence-corrected chi connectivity index (χ3v) is 5.19. The lowest BCUT2D eigenvalue weighted by Crippen LogP contribution is -2.50. The molecule has 1 amide bonds. The highest BCUT2D eigenvalue weighted by Crippen LogP contribution is 2.37. The number of rotatable bonds is 4. The van der Waals surface area contributed by atoms with E-state index in [9.17, 15) is 4.79 Å². The normalized spacial score (nSPS) is 19.8. The van der Waals surface area contributed by atoms with E-state index in [4.69, 9.17) is 5.73 Å². The molecule has 1 saturated carbocycles. The molecule has 0 saturated heterocycles. The smallest absolute Gasteiger partial charge is 0.237 e. The van der Waals surface area contributed by atoms with Crippen LogP contribution in [0.15, 0.2) is 17.5 Å². The molecule has 0 spiro atoms. The van der Waals surface area contributed by atoms with E-state index < -0.39 is 6.04 Å². The molecule has 3 N–H and O–H groups in total. The Morgan fingerprint density at radius 3 is 2.55 bits per heavy atom. The van der Waals surface area contributed by atoms with Crippen molar-refractivity contribution >= 4 is 17.2 Å². The van der Waals surface area contributed by atoms with Crippen LogP contribution in [0.25, 0.3) is 0 Å². The summed E-state index contributed by atoms with van der Waals surface area (Å²) >= 11 is 1.72. The molecule has 112 valence electrons. The molecule has 20 heavy (non-hydrogen) atoms. The van der Waals surface area contributed by atoms with E-state index in [2.05, 4.69) is 22.8 Å². The molecule has 0 bridgehead atoms. The number of amides is 1. The third-order valence-electron chi connectivity index (χ3n) is 4.23. The number of carbonyl (C=O) groups is 1. The minimum absolute atomic E-state index is 0.0252. The molecule has 1 aromatic rings. The number of carbonyl (C=O) groups excluding carboxylic acids is 1. The average Bonchev–Trinajstić information content (AvgIpc) is 3.06. The first-order chi connectivity index (χ1) is 9.39. The highest BCUT2D eigenvalue weighted by atomic mass is 32.1. The van der Waals surface area contributed by atoms with Crippen LogP contribution in [0.5, 0.6) is 0 Å². The van der Waals surface area contributed by atoms with E-state index in [1.54, 1.807) is 11.3 Å². The quantitative estimate of drug-likeness (QED) is 0.893. The summed E-state index contributed by atoms with van der Waals surface area (Å²) in [7, 11) is 0. The fraction of sp³-hybridized carbons (Fsp3) is 0.688. The summed E-state index contributed by atoms with van der Waals surface area (Å²) in [4.78, 5) is 13.7. The van der Waals surface area contributed by atoms with E-state index >= 15 is 0 Å². The Morgan fingerprint density at radius 2 is 2.05 bits per heavy atom. The van der Waals surface area contributed by atoms with Gasteiger partial charge in [0.25, 0.3) is 0 Å². The SMILES string of the molecule is CC(C)(C)[C@H](N)C(=O)NC(c1cccs1)C1CCCC1. The predicted octanol–water partition coefficient (Wildman–Crippen LogP) is 3.47. The van der Waals surface area contributed by atoms with Crippen molar-refractivity contribution in [2.45, 2.75) is 58.5 Å². The van der Waals surface area contributed by atoms with Gasteiger partial charge in [-0.3, -0.25) is 4.79 Å². The first-order valence-electron chi connectivity index (χ1n) is 7.49. The summed E-state index contributed by atoms with van der Waals surface area (Å²) in [5.41, 5.74) is 5.88. The molecule has 4 heteroatoms. The van der Waals surface area contributed by atoms with Crippen LogP contribution in [0.3, 0.4) is 0 Å². The maximum absolute atomic E-state index is 12.4.